The van der Waals surface area contributed by atoms with Gasteiger partial charge in [-0.25, -0.2) is 9.82 Å². The normalized spacial score (nSPS) is 10.6. The molecule has 2 N–H and O–H groups in total. The number of nitrogens with one attached hydrogen (secondary N) is 2. The summed E-state index contributed by atoms with van der Waals surface area (Å²) in [5.74, 6) is -1.14. The molecule has 0 aliphatic heterocycles. The number of hydrogen-bond acceptors (Lipinski definition) is 3. The second kappa shape index (κ2) is 8.93. The Morgan fingerprint density at radius 1 is 1.04 bits per heavy atom. The van der Waals surface area contributed by atoms with Crippen molar-refractivity contribution in [2.45, 2.75) is 12.8 Å². The van der Waals surface area contributed by atoms with Crippen LogP contribution in [0.3, 0.4) is 0 Å². The van der Waals surface area contributed by atoms with Gasteiger partial charge in [-0.2, -0.15) is 5.10 Å². The van der Waals surface area contributed by atoms with Crippen LogP contribution >= 0.6 is 15.9 Å². The van der Waals surface area contributed by atoms with Crippen molar-refractivity contribution in [3.63, 3.8) is 0 Å². The topological polar surface area (TPSA) is 70.6 Å². The van der Waals surface area contributed by atoms with Crippen molar-refractivity contribution in [1.29, 1.82) is 0 Å². The van der Waals surface area contributed by atoms with E-state index in [1.165, 1.54) is 18.3 Å². The van der Waals surface area contributed by atoms with Crippen molar-refractivity contribution in [1.82, 2.24) is 5.43 Å². The number of rotatable bonds is 6. The lowest BCUT2D eigenvalue weighted by Crippen LogP contribution is -2.20. The molecule has 0 spiro atoms. The average Bonchev–Trinajstić information content (AvgIpc) is 2.57. The molecule has 5 nitrogen and oxygen atoms in total. The summed E-state index contributed by atoms with van der Waals surface area (Å²) in [5.41, 5.74) is 3.17. The van der Waals surface area contributed by atoms with Crippen molar-refractivity contribution >= 4 is 39.6 Å². The molecule has 124 valence electrons. The van der Waals surface area contributed by atoms with Crippen molar-refractivity contribution < 1.29 is 14.0 Å². The minimum Gasteiger partial charge on any atom is -0.325 e. The van der Waals surface area contributed by atoms with E-state index in [0.29, 0.717) is 5.69 Å². The van der Waals surface area contributed by atoms with Crippen LogP contribution in [0.1, 0.15) is 18.4 Å². The van der Waals surface area contributed by atoms with Crippen molar-refractivity contribution in [2.24, 2.45) is 5.10 Å². The molecule has 0 saturated heterocycles. The lowest BCUT2D eigenvalue weighted by atomic mass is 10.2. The molecule has 0 fully saturated rings. The fourth-order valence-corrected chi connectivity index (χ4v) is 2.20. The van der Waals surface area contributed by atoms with Gasteiger partial charge in [-0.1, -0.05) is 30.3 Å². The number of carbonyl (C=O) groups is 2. The lowest BCUT2D eigenvalue weighted by molar-refractivity contribution is -0.124. The zero-order valence-corrected chi connectivity index (χ0v) is 14.2. The van der Waals surface area contributed by atoms with E-state index in [9.17, 15) is 14.0 Å². The molecule has 0 saturated carbocycles. The third-order valence-corrected chi connectivity index (χ3v) is 3.72. The van der Waals surface area contributed by atoms with Gasteiger partial charge in [0.2, 0.25) is 11.8 Å². The predicted molar refractivity (Wildman–Crippen MR) is 94.1 cm³/mol. The number of amides is 2. The summed E-state index contributed by atoms with van der Waals surface area (Å²) in [7, 11) is 0. The number of benzene rings is 2. The molecule has 0 aliphatic carbocycles. The van der Waals surface area contributed by atoms with Gasteiger partial charge in [-0.05, 0) is 34.1 Å². The number of para-hydroxylation sites is 1. The molecule has 0 atom stereocenters. The molecule has 2 aromatic carbocycles. The van der Waals surface area contributed by atoms with Gasteiger partial charge >= 0.3 is 0 Å². The SMILES string of the molecule is O=C(CCC(=O)Nc1ccccc1Br)N/N=C/c1ccccc1F. The minimum absolute atomic E-state index is 0.0163. The van der Waals surface area contributed by atoms with E-state index >= 15 is 0 Å². The number of hydrogen-bond donors (Lipinski definition) is 2. The third kappa shape index (κ3) is 5.58. The fourth-order valence-electron chi connectivity index (χ4n) is 1.81. The Morgan fingerprint density at radius 3 is 2.46 bits per heavy atom. The second-order valence-electron chi connectivity index (χ2n) is 4.84. The van der Waals surface area contributed by atoms with Crippen LogP contribution in [0.4, 0.5) is 10.1 Å². The van der Waals surface area contributed by atoms with Crippen LogP contribution in [-0.4, -0.2) is 18.0 Å². The van der Waals surface area contributed by atoms with Gasteiger partial charge in [0.05, 0.1) is 11.9 Å². The first-order valence-corrected chi connectivity index (χ1v) is 7.96. The summed E-state index contributed by atoms with van der Waals surface area (Å²) < 4.78 is 14.1. The zero-order chi connectivity index (χ0) is 17.4. The fraction of sp³-hybridized carbons (Fsp3) is 0.118. The summed E-state index contributed by atoms with van der Waals surface area (Å²) in [6.07, 6.45) is 1.21. The predicted octanol–water partition coefficient (Wildman–Crippen LogP) is 3.46. The van der Waals surface area contributed by atoms with E-state index in [2.05, 4.69) is 31.8 Å². The van der Waals surface area contributed by atoms with Gasteiger partial charge in [-0.3, -0.25) is 9.59 Å². The van der Waals surface area contributed by atoms with Crippen molar-refractivity contribution in [2.75, 3.05) is 5.32 Å². The van der Waals surface area contributed by atoms with E-state index in [-0.39, 0.29) is 24.3 Å². The molecule has 0 radical (unpaired) electrons. The number of hydrazone groups is 1. The molecule has 2 rings (SSSR count). The van der Waals surface area contributed by atoms with Crippen LogP contribution in [0.15, 0.2) is 58.1 Å². The molecule has 0 aromatic heterocycles. The summed E-state index contributed by atoms with van der Waals surface area (Å²) in [6.45, 7) is 0. The maximum absolute atomic E-state index is 13.3. The molecule has 0 aliphatic rings. The Kier molecular flexibility index (Phi) is 6.62. The molecule has 24 heavy (non-hydrogen) atoms. The Balaban J connectivity index is 1.76. The van der Waals surface area contributed by atoms with Gasteiger partial charge < -0.3 is 5.32 Å². The molecule has 2 aromatic rings. The van der Waals surface area contributed by atoms with Crippen molar-refractivity contribution in [3.05, 3.63) is 64.4 Å². The van der Waals surface area contributed by atoms with Crippen LogP contribution in [0.25, 0.3) is 0 Å². The molecule has 2 amide bonds. The minimum atomic E-state index is -0.427. The number of halogens is 2. The first kappa shape index (κ1) is 17.8. The highest BCUT2D eigenvalue weighted by atomic mass is 79.9. The number of anilines is 1. The average molecular weight is 392 g/mol. The highest BCUT2D eigenvalue weighted by Crippen LogP contribution is 2.21. The Morgan fingerprint density at radius 2 is 1.71 bits per heavy atom. The maximum Gasteiger partial charge on any atom is 0.240 e. The molecule has 0 heterocycles. The first-order chi connectivity index (χ1) is 11.6. The van der Waals surface area contributed by atoms with E-state index in [0.717, 1.165) is 4.47 Å². The standard InChI is InChI=1S/C17H15BrFN3O2/c18-13-6-2-4-8-15(13)21-16(23)9-10-17(24)22-20-11-12-5-1-3-7-14(12)19/h1-8,11H,9-10H2,(H,21,23)(H,22,24)/b20-11+. The first-order valence-electron chi connectivity index (χ1n) is 7.17. The Bertz CT molecular complexity index is 765. The van der Waals surface area contributed by atoms with Crippen LogP contribution in [0.5, 0.6) is 0 Å². The summed E-state index contributed by atoms with van der Waals surface area (Å²) >= 11 is 3.32. The molecule has 0 bridgehead atoms. The van der Waals surface area contributed by atoms with Gasteiger partial charge in [-0.15, -0.1) is 0 Å². The largest absolute Gasteiger partial charge is 0.325 e. The zero-order valence-electron chi connectivity index (χ0n) is 12.6. The molecule has 7 heteroatoms. The highest BCUT2D eigenvalue weighted by molar-refractivity contribution is 9.10. The monoisotopic (exact) mass is 391 g/mol. The van der Waals surface area contributed by atoms with E-state index in [1.807, 2.05) is 6.07 Å². The van der Waals surface area contributed by atoms with Crippen molar-refractivity contribution in [3.8, 4) is 0 Å². The molecule has 0 unspecified atom stereocenters. The van der Waals surface area contributed by atoms with E-state index < -0.39 is 11.7 Å². The summed E-state index contributed by atoms with van der Waals surface area (Å²) in [5, 5.41) is 6.38. The molecular formula is C17H15BrFN3O2. The molecular weight excluding hydrogens is 377 g/mol. The maximum atomic E-state index is 13.3. The Labute approximate surface area is 147 Å². The number of nitrogens with zero attached hydrogens (tertiary/aromatic N) is 1. The van der Waals surface area contributed by atoms with Gasteiger partial charge in [0.25, 0.3) is 0 Å². The van der Waals surface area contributed by atoms with Crippen LogP contribution in [-0.2, 0) is 9.59 Å². The van der Waals surface area contributed by atoms with Gasteiger partial charge in [0, 0.05) is 22.9 Å². The van der Waals surface area contributed by atoms with E-state index in [1.54, 1.807) is 30.3 Å². The number of carbonyl (C=O) groups excluding carboxylic acids is 2. The quantitative estimate of drug-likeness (QED) is 0.584. The lowest BCUT2D eigenvalue weighted by Gasteiger charge is -2.06. The van der Waals surface area contributed by atoms with Gasteiger partial charge in [0.1, 0.15) is 5.82 Å². The van der Waals surface area contributed by atoms with E-state index in [4.69, 9.17) is 0 Å². The third-order valence-electron chi connectivity index (χ3n) is 3.03. The second-order valence-corrected chi connectivity index (χ2v) is 5.70. The van der Waals surface area contributed by atoms with Crippen LogP contribution in [0, 0.1) is 5.82 Å². The van der Waals surface area contributed by atoms with Gasteiger partial charge in [0.15, 0.2) is 0 Å². The smallest absolute Gasteiger partial charge is 0.240 e. The van der Waals surface area contributed by atoms with Crippen LogP contribution in [0.2, 0.25) is 0 Å². The highest BCUT2D eigenvalue weighted by Gasteiger charge is 2.08. The summed E-state index contributed by atoms with van der Waals surface area (Å²) in [4.78, 5) is 23.4. The van der Waals surface area contributed by atoms with Crippen LogP contribution < -0.4 is 10.7 Å². The Hall–Kier alpha value is -2.54. The summed E-state index contributed by atoms with van der Waals surface area (Å²) in [6, 6.07) is 13.3.